The number of piperidine rings is 1. The predicted octanol–water partition coefficient (Wildman–Crippen LogP) is 6.43. The molecular weight excluding hydrogens is 489 g/mol. The van der Waals surface area contributed by atoms with Crippen molar-refractivity contribution in [1.29, 1.82) is 0 Å². The zero-order valence-electron chi connectivity index (χ0n) is 22.7. The summed E-state index contributed by atoms with van der Waals surface area (Å²) in [6, 6.07) is 19.9. The first-order chi connectivity index (χ1) is 19.2. The highest BCUT2D eigenvalue weighted by molar-refractivity contribution is 5.83. The van der Waals surface area contributed by atoms with Crippen molar-refractivity contribution in [3.63, 3.8) is 0 Å². The fraction of sp³-hybridized carbons (Fsp3) is 0.394. The van der Waals surface area contributed by atoms with Crippen LogP contribution in [0.15, 0.2) is 66.9 Å². The third-order valence-corrected chi connectivity index (χ3v) is 8.50. The molecule has 0 radical (unpaired) electrons. The molecule has 0 bridgehead atoms. The lowest BCUT2D eigenvalue weighted by molar-refractivity contribution is 0.135. The van der Waals surface area contributed by atoms with Crippen molar-refractivity contribution in [2.75, 3.05) is 33.3 Å². The van der Waals surface area contributed by atoms with Crippen molar-refractivity contribution in [2.45, 2.75) is 44.8 Å². The van der Waals surface area contributed by atoms with Crippen LogP contribution in [0.4, 0.5) is 4.39 Å². The van der Waals surface area contributed by atoms with E-state index in [1.165, 1.54) is 35.6 Å². The maximum absolute atomic E-state index is 14.0. The molecule has 204 valence electrons. The SMILES string of the molecule is COc1cc2c(cc1OCc1ccccc1)CCN(CC1CCNCC1)C2CCc1c[nH]c2ccc(F)cc12. The average molecular weight is 528 g/mol. The van der Waals surface area contributed by atoms with Crippen LogP contribution in [0.3, 0.4) is 0 Å². The summed E-state index contributed by atoms with van der Waals surface area (Å²) in [6.07, 6.45) is 7.35. The van der Waals surface area contributed by atoms with E-state index < -0.39 is 0 Å². The third kappa shape index (κ3) is 5.82. The fourth-order valence-corrected chi connectivity index (χ4v) is 6.37. The van der Waals surface area contributed by atoms with Crippen LogP contribution >= 0.6 is 0 Å². The Kier molecular flexibility index (Phi) is 7.84. The molecule has 4 aromatic rings. The van der Waals surface area contributed by atoms with Gasteiger partial charge in [-0.05, 0) is 104 Å². The number of ether oxygens (including phenoxy) is 2. The summed E-state index contributed by atoms with van der Waals surface area (Å²) in [5.74, 6) is 2.12. The van der Waals surface area contributed by atoms with E-state index in [1.807, 2.05) is 30.5 Å². The molecule has 2 aliphatic rings. The van der Waals surface area contributed by atoms with Crippen LogP contribution in [0.5, 0.6) is 11.5 Å². The highest BCUT2D eigenvalue weighted by Crippen LogP contribution is 2.41. The number of hydrogen-bond donors (Lipinski definition) is 2. The lowest BCUT2D eigenvalue weighted by atomic mass is 9.86. The van der Waals surface area contributed by atoms with Crippen LogP contribution in [-0.4, -0.2) is 43.2 Å². The molecule has 0 aliphatic carbocycles. The molecule has 6 heteroatoms. The van der Waals surface area contributed by atoms with Crippen molar-refractivity contribution < 1.29 is 13.9 Å². The van der Waals surface area contributed by atoms with Gasteiger partial charge in [-0.3, -0.25) is 4.90 Å². The Morgan fingerprint density at radius 1 is 1.00 bits per heavy atom. The van der Waals surface area contributed by atoms with Gasteiger partial charge in [-0.15, -0.1) is 0 Å². The number of hydrogen-bond acceptors (Lipinski definition) is 4. The van der Waals surface area contributed by atoms with Crippen LogP contribution in [0.1, 0.15) is 47.6 Å². The monoisotopic (exact) mass is 527 g/mol. The van der Waals surface area contributed by atoms with E-state index in [-0.39, 0.29) is 11.9 Å². The summed E-state index contributed by atoms with van der Waals surface area (Å²) in [4.78, 5) is 6.02. The molecule has 1 atom stereocenters. The van der Waals surface area contributed by atoms with Crippen molar-refractivity contribution in [3.05, 3.63) is 94.9 Å². The second-order valence-corrected chi connectivity index (χ2v) is 11.0. The minimum atomic E-state index is -0.188. The number of aromatic amines is 1. The second-order valence-electron chi connectivity index (χ2n) is 11.0. The topological polar surface area (TPSA) is 49.5 Å². The van der Waals surface area contributed by atoms with Gasteiger partial charge in [0.1, 0.15) is 12.4 Å². The minimum Gasteiger partial charge on any atom is -0.493 e. The Morgan fingerprint density at radius 3 is 2.67 bits per heavy atom. The van der Waals surface area contributed by atoms with E-state index in [1.54, 1.807) is 13.2 Å². The van der Waals surface area contributed by atoms with E-state index >= 15 is 0 Å². The van der Waals surface area contributed by atoms with Gasteiger partial charge in [0, 0.05) is 36.2 Å². The Hall–Kier alpha value is -3.35. The molecule has 1 unspecified atom stereocenters. The average Bonchev–Trinajstić information content (AvgIpc) is 3.38. The molecule has 5 nitrogen and oxygen atoms in total. The smallest absolute Gasteiger partial charge is 0.161 e. The first kappa shape index (κ1) is 25.9. The van der Waals surface area contributed by atoms with Gasteiger partial charge in [0.15, 0.2) is 11.5 Å². The van der Waals surface area contributed by atoms with E-state index in [0.717, 1.165) is 73.4 Å². The number of methoxy groups -OCH3 is 1. The maximum Gasteiger partial charge on any atom is 0.161 e. The van der Waals surface area contributed by atoms with Crippen LogP contribution in [-0.2, 0) is 19.4 Å². The number of nitrogens with one attached hydrogen (secondary N) is 2. The lowest BCUT2D eigenvalue weighted by Gasteiger charge is -2.40. The fourth-order valence-electron chi connectivity index (χ4n) is 6.37. The number of aryl methyl sites for hydroxylation is 1. The summed E-state index contributed by atoms with van der Waals surface area (Å²) < 4.78 is 26.2. The van der Waals surface area contributed by atoms with Crippen molar-refractivity contribution in [2.24, 2.45) is 5.92 Å². The molecule has 1 fully saturated rings. The third-order valence-electron chi connectivity index (χ3n) is 8.50. The highest BCUT2D eigenvalue weighted by atomic mass is 19.1. The van der Waals surface area contributed by atoms with Gasteiger partial charge in [0.2, 0.25) is 0 Å². The zero-order valence-corrected chi connectivity index (χ0v) is 22.7. The van der Waals surface area contributed by atoms with Gasteiger partial charge < -0.3 is 19.8 Å². The van der Waals surface area contributed by atoms with Gasteiger partial charge in [-0.1, -0.05) is 30.3 Å². The summed E-state index contributed by atoms with van der Waals surface area (Å²) in [7, 11) is 1.72. The molecule has 2 N–H and O–H groups in total. The molecule has 3 aromatic carbocycles. The number of H-pyrrole nitrogens is 1. The summed E-state index contributed by atoms with van der Waals surface area (Å²) in [6.45, 7) is 4.88. The number of benzene rings is 3. The van der Waals surface area contributed by atoms with Gasteiger partial charge in [0.05, 0.1) is 7.11 Å². The molecule has 0 amide bonds. The molecule has 1 aromatic heterocycles. The van der Waals surface area contributed by atoms with Gasteiger partial charge in [-0.2, -0.15) is 0 Å². The predicted molar refractivity (Wildman–Crippen MR) is 154 cm³/mol. The Balaban J connectivity index is 1.28. The Labute approximate surface area is 230 Å². The number of halogens is 1. The van der Waals surface area contributed by atoms with Crippen LogP contribution in [0.25, 0.3) is 10.9 Å². The van der Waals surface area contributed by atoms with Gasteiger partial charge in [0.25, 0.3) is 0 Å². The molecule has 6 rings (SSSR count). The standard InChI is InChI=1S/C33H38FN3O2/c1-38-32-19-29-25(17-33(32)39-22-24-5-3-2-4-6-24)13-16-37(21-23-11-14-35-15-12-23)31(29)10-7-26-20-36-30-9-8-27(34)18-28(26)30/h2-6,8-9,17-20,23,31,35-36H,7,10-16,21-22H2,1H3. The summed E-state index contributed by atoms with van der Waals surface area (Å²) in [5.41, 5.74) is 5.98. The first-order valence-corrected chi connectivity index (χ1v) is 14.3. The van der Waals surface area contributed by atoms with Crippen molar-refractivity contribution in [3.8, 4) is 11.5 Å². The summed E-state index contributed by atoms with van der Waals surface area (Å²) in [5, 5.41) is 4.49. The van der Waals surface area contributed by atoms with Crippen molar-refractivity contribution in [1.82, 2.24) is 15.2 Å². The lowest BCUT2D eigenvalue weighted by Crippen LogP contribution is -2.41. The van der Waals surface area contributed by atoms with Gasteiger partial charge >= 0.3 is 0 Å². The molecule has 1 saturated heterocycles. The molecule has 0 spiro atoms. The number of nitrogens with zero attached hydrogens (tertiary/aromatic N) is 1. The Bertz CT molecular complexity index is 1400. The van der Waals surface area contributed by atoms with Crippen LogP contribution in [0, 0.1) is 11.7 Å². The van der Waals surface area contributed by atoms with Gasteiger partial charge in [-0.25, -0.2) is 4.39 Å². The largest absolute Gasteiger partial charge is 0.493 e. The molecular formula is C33H38FN3O2. The number of fused-ring (bicyclic) bond motifs is 2. The molecule has 39 heavy (non-hydrogen) atoms. The second kappa shape index (κ2) is 11.8. The normalized spacial score (nSPS) is 18.3. The van der Waals surface area contributed by atoms with E-state index in [0.29, 0.717) is 12.5 Å². The van der Waals surface area contributed by atoms with E-state index in [9.17, 15) is 4.39 Å². The Morgan fingerprint density at radius 2 is 1.85 bits per heavy atom. The van der Waals surface area contributed by atoms with Crippen LogP contribution < -0.4 is 14.8 Å². The van der Waals surface area contributed by atoms with Crippen LogP contribution in [0.2, 0.25) is 0 Å². The highest BCUT2D eigenvalue weighted by Gasteiger charge is 2.31. The molecule has 3 heterocycles. The molecule has 2 aliphatic heterocycles. The summed E-state index contributed by atoms with van der Waals surface area (Å²) >= 11 is 0. The molecule has 0 saturated carbocycles. The van der Waals surface area contributed by atoms with E-state index in [4.69, 9.17) is 9.47 Å². The quantitative estimate of drug-likeness (QED) is 0.264. The number of aromatic nitrogens is 1. The van der Waals surface area contributed by atoms with E-state index in [2.05, 4.69) is 39.5 Å². The number of rotatable bonds is 9. The first-order valence-electron chi connectivity index (χ1n) is 14.3. The minimum absolute atomic E-state index is 0.188. The maximum atomic E-state index is 14.0. The van der Waals surface area contributed by atoms with Crippen molar-refractivity contribution >= 4 is 10.9 Å². The zero-order chi connectivity index (χ0) is 26.6.